The molecule has 1 amide bonds. The predicted molar refractivity (Wildman–Crippen MR) is 285 cm³/mol. The van der Waals surface area contributed by atoms with Gasteiger partial charge in [0.1, 0.15) is 30.5 Å². The van der Waals surface area contributed by atoms with Crippen molar-refractivity contribution in [2.75, 3.05) is 79.5 Å². The first-order chi connectivity index (χ1) is 36.7. The molecule has 75 heavy (non-hydrogen) atoms. The quantitative estimate of drug-likeness (QED) is 0.0501. The Morgan fingerprint density at radius 1 is 0.813 bits per heavy atom. The third-order valence-electron chi connectivity index (χ3n) is 13.7. The van der Waals surface area contributed by atoms with Gasteiger partial charge in [-0.1, -0.05) is 40.7 Å². The van der Waals surface area contributed by atoms with Crippen LogP contribution in [0, 0.1) is 19.7 Å². The van der Waals surface area contributed by atoms with E-state index >= 15 is 4.39 Å². The second kappa shape index (κ2) is 24.2. The second-order valence-corrected chi connectivity index (χ2v) is 19.5. The molecule has 392 valence electrons. The maximum Gasteiger partial charge on any atom is 0.248 e. The van der Waals surface area contributed by atoms with E-state index in [4.69, 9.17) is 33.2 Å². The van der Waals surface area contributed by atoms with Crippen molar-refractivity contribution in [3.63, 3.8) is 0 Å². The van der Waals surface area contributed by atoms with E-state index in [0.29, 0.717) is 58.1 Å². The number of likely N-dealkylation sites (N-methyl/N-ethyl adjacent to an activating group) is 1. The number of halogens is 1. The summed E-state index contributed by atoms with van der Waals surface area (Å²) in [5, 5.41) is 16.9. The van der Waals surface area contributed by atoms with Crippen LogP contribution in [0.25, 0.3) is 55.2 Å². The van der Waals surface area contributed by atoms with Crippen LogP contribution < -0.4 is 4.74 Å². The van der Waals surface area contributed by atoms with Crippen molar-refractivity contribution >= 4 is 50.1 Å². The van der Waals surface area contributed by atoms with Crippen molar-refractivity contribution in [2.24, 2.45) is 0 Å². The molecular weight excluding hydrogens is 976 g/mol. The summed E-state index contributed by atoms with van der Waals surface area (Å²) in [5.74, 6) is 1.34. The number of amides is 1. The van der Waals surface area contributed by atoms with E-state index in [-0.39, 0.29) is 31.5 Å². The lowest BCUT2D eigenvalue weighted by atomic mass is 10.0. The van der Waals surface area contributed by atoms with Crippen LogP contribution in [0.5, 0.6) is 5.75 Å². The molecular formula is C56H63FN10O7S. The maximum absolute atomic E-state index is 15.4. The highest BCUT2D eigenvalue weighted by atomic mass is 32.1. The number of hydrogen-bond donors (Lipinski definition) is 0. The lowest BCUT2D eigenvalue weighted by Crippen LogP contribution is -2.38. The van der Waals surface area contributed by atoms with Crippen LogP contribution >= 0.6 is 11.3 Å². The molecule has 6 heterocycles. The summed E-state index contributed by atoms with van der Waals surface area (Å²) in [6.07, 6.45) is 3.00. The van der Waals surface area contributed by atoms with Crippen molar-refractivity contribution in [2.45, 2.75) is 66.4 Å². The third kappa shape index (κ3) is 12.3. The number of hydrogen-bond acceptors (Lipinski definition) is 14. The van der Waals surface area contributed by atoms with Crippen LogP contribution in [0.2, 0.25) is 0 Å². The van der Waals surface area contributed by atoms with Gasteiger partial charge in [-0.2, -0.15) is 0 Å². The number of benzene rings is 4. The number of nitrogens with zero attached hydrogens (tertiary/aromatic N) is 10. The Balaban J connectivity index is 0.615. The van der Waals surface area contributed by atoms with Gasteiger partial charge < -0.3 is 42.2 Å². The van der Waals surface area contributed by atoms with E-state index in [1.54, 1.807) is 40.2 Å². The highest BCUT2D eigenvalue weighted by Gasteiger charge is 2.19. The minimum atomic E-state index is -0.437. The smallest absolute Gasteiger partial charge is 0.248 e. The average Bonchev–Trinajstić information content (AvgIpc) is 4.29. The number of aryl methyl sites for hydroxylation is 5. The number of thiazole rings is 1. The largest absolute Gasteiger partial charge is 0.484 e. The Bertz CT molecular complexity index is 3340. The third-order valence-corrected chi connectivity index (χ3v) is 14.3. The van der Waals surface area contributed by atoms with Crippen LogP contribution in [0.3, 0.4) is 0 Å². The van der Waals surface area contributed by atoms with Crippen molar-refractivity contribution in [1.29, 1.82) is 0 Å². The fourth-order valence-electron chi connectivity index (χ4n) is 9.81. The van der Waals surface area contributed by atoms with Gasteiger partial charge in [0.15, 0.2) is 11.6 Å². The fourth-order valence-corrected chi connectivity index (χ4v) is 10.4. The molecule has 19 heteroatoms. The average molecular weight is 1040 g/mol. The Labute approximate surface area is 438 Å². The summed E-state index contributed by atoms with van der Waals surface area (Å²) in [7, 11) is 1.79. The number of imidazole rings is 1. The first-order valence-electron chi connectivity index (χ1n) is 25.6. The van der Waals surface area contributed by atoms with Gasteiger partial charge in [0.05, 0.1) is 86.9 Å². The molecule has 0 saturated carbocycles. The van der Waals surface area contributed by atoms with Gasteiger partial charge in [-0.05, 0) is 86.3 Å². The summed E-state index contributed by atoms with van der Waals surface area (Å²) in [6, 6.07) is 24.4. The number of rotatable bonds is 25. The summed E-state index contributed by atoms with van der Waals surface area (Å²) in [5.41, 5.74) is 13.6. The van der Waals surface area contributed by atoms with Crippen molar-refractivity contribution in [3.8, 4) is 28.1 Å². The molecule has 10 rings (SSSR count). The summed E-state index contributed by atoms with van der Waals surface area (Å²) in [4.78, 5) is 26.6. The minimum absolute atomic E-state index is 0.0310. The number of ether oxygens (including phenoxy) is 5. The number of carbonyl (C=O) groups is 1. The van der Waals surface area contributed by atoms with E-state index < -0.39 is 5.82 Å². The molecule has 0 atom stereocenters. The predicted octanol–water partition coefficient (Wildman–Crippen LogP) is 8.69. The van der Waals surface area contributed by atoms with Gasteiger partial charge in [0.25, 0.3) is 0 Å². The number of carbonyl (C=O) groups excluding carboxylic acids is 1. The molecule has 9 aromatic rings. The first-order valence-corrected chi connectivity index (χ1v) is 26.6. The van der Waals surface area contributed by atoms with E-state index in [0.717, 1.165) is 108 Å². The van der Waals surface area contributed by atoms with Gasteiger partial charge in [-0.25, -0.2) is 19.0 Å². The molecule has 4 aromatic carbocycles. The number of morpholine rings is 1. The zero-order valence-electron chi connectivity index (χ0n) is 43.0. The normalized spacial score (nSPS) is 13.2. The highest BCUT2D eigenvalue weighted by Crippen LogP contribution is 2.34. The molecule has 0 radical (unpaired) electrons. The topological polar surface area (TPSA) is 162 Å². The molecule has 1 saturated heterocycles. The molecule has 17 nitrogen and oxygen atoms in total. The highest BCUT2D eigenvalue weighted by molar-refractivity contribution is 7.07. The van der Waals surface area contributed by atoms with Crippen molar-refractivity contribution in [1.82, 2.24) is 49.1 Å². The second-order valence-electron chi connectivity index (χ2n) is 18.8. The lowest BCUT2D eigenvalue weighted by Gasteiger charge is -2.27. The maximum atomic E-state index is 15.4. The Hall–Kier alpha value is -6.87. The molecule has 1 fully saturated rings. The van der Waals surface area contributed by atoms with Gasteiger partial charge in [-0.3, -0.25) is 9.69 Å². The molecule has 1 aliphatic rings. The molecule has 0 bridgehead atoms. The minimum Gasteiger partial charge on any atom is -0.484 e. The van der Waals surface area contributed by atoms with Crippen LogP contribution in [0.15, 0.2) is 94.4 Å². The Morgan fingerprint density at radius 3 is 2.40 bits per heavy atom. The first kappa shape index (κ1) is 51.6. The van der Waals surface area contributed by atoms with Gasteiger partial charge in [0, 0.05) is 91.0 Å². The van der Waals surface area contributed by atoms with E-state index in [2.05, 4.69) is 101 Å². The van der Waals surface area contributed by atoms with Crippen LogP contribution in [0.4, 0.5) is 4.39 Å². The van der Waals surface area contributed by atoms with Crippen LogP contribution in [-0.4, -0.2) is 134 Å². The molecule has 0 unspecified atom stereocenters. The number of aromatic nitrogens is 8. The van der Waals surface area contributed by atoms with Gasteiger partial charge >= 0.3 is 0 Å². The monoisotopic (exact) mass is 1040 g/mol. The molecule has 0 aliphatic carbocycles. The Kier molecular flexibility index (Phi) is 16.7. The molecule has 0 spiro atoms. The van der Waals surface area contributed by atoms with Crippen molar-refractivity contribution < 1.29 is 37.4 Å². The molecule has 1 aliphatic heterocycles. The SMILES string of the molecule is CCn1c2ccc(CN(C)C(=O)COCCOCCOCCn3cc(COc4ccc(CCc5nc6cc(-c7c(C)noc7C)ccc6n5CCN5CCOCC5)cc4F)nn3)cc2c2ccc(-c3cscn3)cc21. The van der Waals surface area contributed by atoms with E-state index in [1.165, 1.54) is 27.9 Å². The van der Waals surface area contributed by atoms with Crippen LogP contribution in [0.1, 0.15) is 41.0 Å². The fraction of sp³-hybridized carbons (Fsp3) is 0.393. The van der Waals surface area contributed by atoms with Crippen LogP contribution in [-0.2, 0) is 69.4 Å². The Morgan fingerprint density at radius 2 is 1.61 bits per heavy atom. The van der Waals surface area contributed by atoms with E-state index in [1.807, 2.05) is 25.4 Å². The molecule has 0 N–H and O–H groups in total. The zero-order chi connectivity index (χ0) is 51.7. The van der Waals surface area contributed by atoms with Gasteiger partial charge in [0.2, 0.25) is 5.91 Å². The summed E-state index contributed by atoms with van der Waals surface area (Å²) >= 11 is 1.59. The summed E-state index contributed by atoms with van der Waals surface area (Å²) in [6.45, 7) is 14.6. The molecule has 5 aromatic heterocycles. The lowest BCUT2D eigenvalue weighted by molar-refractivity contribution is -0.135. The zero-order valence-corrected chi connectivity index (χ0v) is 43.8. The van der Waals surface area contributed by atoms with Gasteiger partial charge in [-0.15, -0.1) is 16.4 Å². The summed E-state index contributed by atoms with van der Waals surface area (Å²) < 4.78 is 55.6. The van der Waals surface area contributed by atoms with E-state index in [9.17, 15) is 4.79 Å². The van der Waals surface area contributed by atoms with Crippen molar-refractivity contribution in [3.05, 3.63) is 130 Å². The standard InChI is InChI=1S/C56H63FN10O7S/c1-5-66-50-12-6-41(28-46(50)45-11-9-42(31-52(45)66)49-36-75-37-58-49)32-63(4)55(68)35-72-27-26-71-25-24-70-23-20-65-33-44(60-62-65)34-73-53-14-7-40(29-47(53)57)8-15-54-59-48-30-43(56-38(2)61-74-39(56)3)10-13-51(48)67(54)17-16-64-18-21-69-22-19-64/h6-7,9-14,28-31,33,36-37H,5,8,15-27,32,34-35H2,1-4H3. The number of fused-ring (bicyclic) bond motifs is 4.